The quantitative estimate of drug-likeness (QED) is 0.542. The van der Waals surface area contributed by atoms with Gasteiger partial charge in [-0.3, -0.25) is 0 Å². The summed E-state index contributed by atoms with van der Waals surface area (Å²) in [5.74, 6) is 0. The summed E-state index contributed by atoms with van der Waals surface area (Å²) in [5.41, 5.74) is 3.83. The van der Waals surface area contributed by atoms with Crippen molar-refractivity contribution >= 4 is 0 Å². The van der Waals surface area contributed by atoms with Gasteiger partial charge in [-0.25, -0.2) is 0 Å². The van der Waals surface area contributed by atoms with Crippen molar-refractivity contribution < 1.29 is 0 Å². The Labute approximate surface area is 84.1 Å². The molecule has 0 aromatic heterocycles. The molecule has 0 rings (SSSR count). The first kappa shape index (κ1) is 14.7. The summed E-state index contributed by atoms with van der Waals surface area (Å²) >= 11 is 0. The smallest absolute Gasteiger partial charge is 0.0311 e. The molecule has 0 fully saturated rings. The fourth-order valence-corrected chi connectivity index (χ4v) is 0.806. The van der Waals surface area contributed by atoms with Crippen LogP contribution in [0.2, 0.25) is 0 Å². The normalized spacial score (nSPS) is 11.8. The van der Waals surface area contributed by atoms with Gasteiger partial charge in [0.15, 0.2) is 0 Å². The van der Waals surface area contributed by atoms with Gasteiger partial charge < -0.3 is 0 Å². The van der Waals surface area contributed by atoms with Gasteiger partial charge in [0.1, 0.15) is 0 Å². The minimum atomic E-state index is 1.04. The molecule has 0 heterocycles. The molecule has 0 aliphatic rings. The number of hydrogen-bond donors (Lipinski definition) is 0. The molecule has 13 heavy (non-hydrogen) atoms. The van der Waals surface area contributed by atoms with Crippen LogP contribution in [-0.2, 0) is 0 Å². The third kappa shape index (κ3) is 7.58. The van der Waals surface area contributed by atoms with Gasteiger partial charge in [-0.1, -0.05) is 50.6 Å². The summed E-state index contributed by atoms with van der Waals surface area (Å²) < 4.78 is 0. The van der Waals surface area contributed by atoms with Gasteiger partial charge in [0.05, 0.1) is 0 Å². The maximum atomic E-state index is 3.96. The molecule has 0 saturated carbocycles. The van der Waals surface area contributed by atoms with Crippen LogP contribution in [0.5, 0.6) is 0 Å². The Morgan fingerprint density at radius 1 is 1.23 bits per heavy atom. The van der Waals surface area contributed by atoms with E-state index in [-0.39, 0.29) is 0 Å². The van der Waals surface area contributed by atoms with Gasteiger partial charge in [-0.05, 0) is 32.8 Å². The highest BCUT2D eigenvalue weighted by Gasteiger charge is 1.92. The monoisotopic (exact) mass is 180 g/mol. The predicted octanol–water partition coefficient (Wildman–Crippen LogP) is 4.89. The Kier molecular flexibility index (Phi) is 10.5. The van der Waals surface area contributed by atoms with Crippen LogP contribution in [0.25, 0.3) is 0 Å². The Morgan fingerprint density at radius 2 is 1.69 bits per heavy atom. The van der Waals surface area contributed by atoms with Crippen molar-refractivity contribution in [3.63, 3.8) is 0 Å². The Hall–Kier alpha value is -0.780. The molecule has 76 valence electrons. The molecule has 0 bridgehead atoms. The molecule has 0 aromatic carbocycles. The predicted molar refractivity (Wildman–Crippen MR) is 64.0 cm³/mol. The number of allylic oxidation sites excluding steroid dienone is 5. The maximum absolute atomic E-state index is 3.96. The van der Waals surface area contributed by atoms with Gasteiger partial charge in [0.2, 0.25) is 0 Å². The molecule has 0 saturated heterocycles. The van der Waals surface area contributed by atoms with Crippen molar-refractivity contribution in [1.29, 1.82) is 0 Å². The van der Waals surface area contributed by atoms with E-state index in [1.807, 2.05) is 20.8 Å². The highest BCUT2D eigenvalue weighted by Crippen LogP contribution is 2.12. The minimum absolute atomic E-state index is 1.04. The second-order valence-electron chi connectivity index (χ2n) is 2.82. The number of rotatable bonds is 3. The zero-order chi connectivity index (χ0) is 10.9. The first-order chi connectivity index (χ1) is 6.11. The van der Waals surface area contributed by atoms with Crippen LogP contribution in [0.3, 0.4) is 0 Å². The molecule has 0 heteroatoms. The van der Waals surface area contributed by atoms with Crippen molar-refractivity contribution in [1.82, 2.24) is 0 Å². The Bertz CT molecular complexity index is 192. The third-order valence-corrected chi connectivity index (χ3v) is 1.88. The van der Waals surface area contributed by atoms with Gasteiger partial charge in [-0.15, -0.1) is 0 Å². The molecule has 0 radical (unpaired) electrons. The molecule has 0 amide bonds. The highest BCUT2D eigenvalue weighted by molar-refractivity contribution is 5.32. The standard InChI is InChI=1S/C11H18.C2H6/c1-6-9(3)8-11(5)10(4)7-2;1-2/h6,8H,4,7H2,1-3,5H3;1-2H3/b9-6-,11-8+;. The third-order valence-electron chi connectivity index (χ3n) is 1.88. The van der Waals surface area contributed by atoms with Crippen LogP contribution < -0.4 is 0 Å². The van der Waals surface area contributed by atoms with Crippen molar-refractivity contribution in [2.45, 2.75) is 48.0 Å². The Morgan fingerprint density at radius 3 is 2.00 bits per heavy atom. The lowest BCUT2D eigenvalue weighted by atomic mass is 10.0. The first-order valence-electron chi connectivity index (χ1n) is 5.11. The lowest BCUT2D eigenvalue weighted by Crippen LogP contribution is -1.81. The summed E-state index contributed by atoms with van der Waals surface area (Å²) in [4.78, 5) is 0. The molecule has 0 aromatic rings. The van der Waals surface area contributed by atoms with Gasteiger partial charge in [-0.2, -0.15) is 0 Å². The van der Waals surface area contributed by atoms with Crippen LogP contribution in [0.4, 0.5) is 0 Å². The SMILES string of the molecule is C=C(CC)/C(C)=C/C(C)=C\C.CC. The second-order valence-corrected chi connectivity index (χ2v) is 2.82. The van der Waals surface area contributed by atoms with Crippen LogP contribution in [0.1, 0.15) is 48.0 Å². The average Bonchev–Trinajstić information content (AvgIpc) is 2.19. The van der Waals surface area contributed by atoms with E-state index in [1.165, 1.54) is 16.7 Å². The first-order valence-corrected chi connectivity index (χ1v) is 5.11. The van der Waals surface area contributed by atoms with E-state index >= 15 is 0 Å². The van der Waals surface area contributed by atoms with Crippen LogP contribution in [0.15, 0.2) is 35.5 Å². The molecule has 0 N–H and O–H groups in total. The molecule has 0 aliphatic carbocycles. The van der Waals surface area contributed by atoms with Gasteiger partial charge >= 0.3 is 0 Å². The van der Waals surface area contributed by atoms with E-state index in [4.69, 9.17) is 0 Å². The molecule has 0 spiro atoms. The second kappa shape index (κ2) is 9.31. The van der Waals surface area contributed by atoms with Crippen LogP contribution in [0, 0.1) is 0 Å². The molecular weight excluding hydrogens is 156 g/mol. The zero-order valence-corrected chi connectivity index (χ0v) is 10.1. The van der Waals surface area contributed by atoms with E-state index in [9.17, 15) is 0 Å². The summed E-state index contributed by atoms with van der Waals surface area (Å²) in [5, 5.41) is 0. The largest absolute Gasteiger partial charge is 0.0956 e. The van der Waals surface area contributed by atoms with E-state index in [0.29, 0.717) is 0 Å². The lowest BCUT2D eigenvalue weighted by molar-refractivity contribution is 1.11. The van der Waals surface area contributed by atoms with E-state index < -0.39 is 0 Å². The van der Waals surface area contributed by atoms with E-state index in [1.54, 1.807) is 0 Å². The molecule has 0 atom stereocenters. The molecule has 0 unspecified atom stereocenters. The van der Waals surface area contributed by atoms with E-state index in [2.05, 4.69) is 39.5 Å². The highest BCUT2D eigenvalue weighted by atomic mass is 14.0. The fourth-order valence-electron chi connectivity index (χ4n) is 0.806. The van der Waals surface area contributed by atoms with E-state index in [0.717, 1.165) is 6.42 Å². The summed E-state index contributed by atoms with van der Waals surface area (Å²) in [6, 6.07) is 0. The minimum Gasteiger partial charge on any atom is -0.0956 e. The Balaban J connectivity index is 0. The van der Waals surface area contributed by atoms with Crippen molar-refractivity contribution in [3.8, 4) is 0 Å². The number of hydrogen-bond acceptors (Lipinski definition) is 0. The zero-order valence-electron chi connectivity index (χ0n) is 10.1. The van der Waals surface area contributed by atoms with Crippen molar-refractivity contribution in [2.24, 2.45) is 0 Å². The van der Waals surface area contributed by atoms with Crippen LogP contribution >= 0.6 is 0 Å². The van der Waals surface area contributed by atoms with Crippen molar-refractivity contribution in [2.75, 3.05) is 0 Å². The molecule has 0 aliphatic heterocycles. The fraction of sp³-hybridized carbons (Fsp3) is 0.538. The van der Waals surface area contributed by atoms with Crippen LogP contribution in [-0.4, -0.2) is 0 Å². The lowest BCUT2D eigenvalue weighted by Gasteiger charge is -2.01. The summed E-state index contributed by atoms with van der Waals surface area (Å²) in [6.45, 7) is 16.4. The van der Waals surface area contributed by atoms with Crippen molar-refractivity contribution in [3.05, 3.63) is 35.5 Å². The topological polar surface area (TPSA) is 0 Å². The summed E-state index contributed by atoms with van der Waals surface area (Å²) in [7, 11) is 0. The maximum Gasteiger partial charge on any atom is -0.0311 e. The van der Waals surface area contributed by atoms with Gasteiger partial charge in [0, 0.05) is 0 Å². The average molecular weight is 180 g/mol. The van der Waals surface area contributed by atoms with Gasteiger partial charge in [0.25, 0.3) is 0 Å². The summed E-state index contributed by atoms with van der Waals surface area (Å²) in [6.07, 6.45) is 5.32. The molecule has 0 nitrogen and oxygen atoms in total. The molecular formula is C13H24.